The van der Waals surface area contributed by atoms with Gasteiger partial charge < -0.3 is 9.64 Å². The smallest absolute Gasteiger partial charge is 0.237 e. The summed E-state index contributed by atoms with van der Waals surface area (Å²) in [6.45, 7) is 3.65. The Hall–Kier alpha value is -1.25. The molecule has 0 bridgehead atoms. The zero-order valence-corrected chi connectivity index (χ0v) is 7.37. The second kappa shape index (κ2) is 2.66. The van der Waals surface area contributed by atoms with E-state index in [0.29, 0.717) is 0 Å². The van der Waals surface area contributed by atoms with Crippen molar-refractivity contribution in [3.63, 3.8) is 0 Å². The monoisotopic (exact) mass is 164 g/mol. The average Bonchev–Trinajstić information content (AvgIpc) is 2.04. The number of aryl methyl sites for hydroxylation is 1. The normalized spacial score (nSPS) is 15.3. The van der Waals surface area contributed by atoms with Gasteiger partial charge in [0.15, 0.2) is 0 Å². The summed E-state index contributed by atoms with van der Waals surface area (Å²) in [6.07, 6.45) is 0. The molecule has 1 aromatic rings. The van der Waals surface area contributed by atoms with Gasteiger partial charge in [-0.2, -0.15) is 0 Å². The van der Waals surface area contributed by atoms with Crippen LogP contribution < -0.4 is 9.64 Å². The zero-order chi connectivity index (χ0) is 8.55. The molecule has 2 rings (SSSR count). The number of hydrogen-bond donors (Lipinski definition) is 0. The molecule has 3 heteroatoms. The van der Waals surface area contributed by atoms with Gasteiger partial charge in [0.2, 0.25) is 5.88 Å². The summed E-state index contributed by atoms with van der Waals surface area (Å²) in [5.74, 6) is 0.767. The van der Waals surface area contributed by atoms with Crippen LogP contribution in [0, 0.1) is 6.92 Å². The maximum absolute atomic E-state index is 5.42. The van der Waals surface area contributed by atoms with E-state index in [9.17, 15) is 0 Å². The van der Waals surface area contributed by atoms with E-state index in [4.69, 9.17) is 4.74 Å². The van der Waals surface area contributed by atoms with Crippen molar-refractivity contribution in [1.82, 2.24) is 4.98 Å². The molecule has 1 aromatic heterocycles. The fourth-order valence-corrected chi connectivity index (χ4v) is 1.32. The van der Waals surface area contributed by atoms with E-state index in [1.807, 2.05) is 13.0 Å². The van der Waals surface area contributed by atoms with Crippen molar-refractivity contribution in [2.45, 2.75) is 6.92 Å². The molecule has 64 valence electrons. The minimum Gasteiger partial charge on any atom is -0.474 e. The molecule has 1 aliphatic heterocycles. The lowest BCUT2D eigenvalue weighted by molar-refractivity contribution is 0.298. The van der Waals surface area contributed by atoms with Crippen LogP contribution >= 0.6 is 0 Å². The number of nitrogens with zero attached hydrogens (tertiary/aromatic N) is 2. The molecule has 0 radical (unpaired) electrons. The van der Waals surface area contributed by atoms with Gasteiger partial charge in [-0.05, 0) is 19.1 Å². The molecule has 0 amide bonds. The van der Waals surface area contributed by atoms with Crippen molar-refractivity contribution in [3.05, 3.63) is 17.8 Å². The van der Waals surface area contributed by atoms with E-state index in [1.54, 1.807) is 0 Å². The standard InChI is InChI=1S/C9H12N2O/c1-7-3-4-8-9(10-7)12-6-5-11(8)2/h3-4H,5-6H2,1-2H3. The van der Waals surface area contributed by atoms with E-state index in [0.717, 1.165) is 30.4 Å². The number of rotatable bonds is 0. The highest BCUT2D eigenvalue weighted by atomic mass is 16.5. The molecule has 0 saturated carbocycles. The molecule has 0 aromatic carbocycles. The number of ether oxygens (including phenoxy) is 1. The number of fused-ring (bicyclic) bond motifs is 1. The topological polar surface area (TPSA) is 25.4 Å². The molecule has 0 spiro atoms. The van der Waals surface area contributed by atoms with Crippen LogP contribution in [0.4, 0.5) is 5.69 Å². The summed E-state index contributed by atoms with van der Waals surface area (Å²) >= 11 is 0. The molecule has 1 aliphatic rings. The van der Waals surface area contributed by atoms with Crippen molar-refractivity contribution in [3.8, 4) is 5.88 Å². The fraction of sp³-hybridized carbons (Fsp3) is 0.444. The molecule has 2 heterocycles. The number of likely N-dealkylation sites (N-methyl/N-ethyl adjacent to an activating group) is 1. The molecular weight excluding hydrogens is 152 g/mol. The van der Waals surface area contributed by atoms with E-state index in [2.05, 4.69) is 23.0 Å². The van der Waals surface area contributed by atoms with Gasteiger partial charge in [-0.25, -0.2) is 4.98 Å². The predicted molar refractivity (Wildman–Crippen MR) is 47.7 cm³/mol. The molecular formula is C9H12N2O. The molecule has 0 N–H and O–H groups in total. The van der Waals surface area contributed by atoms with Crippen LogP contribution in [0.2, 0.25) is 0 Å². The van der Waals surface area contributed by atoms with Gasteiger partial charge in [0.25, 0.3) is 0 Å². The minimum atomic E-state index is 0.736. The van der Waals surface area contributed by atoms with Crippen LogP contribution in [0.3, 0.4) is 0 Å². The number of hydrogen-bond acceptors (Lipinski definition) is 3. The lowest BCUT2D eigenvalue weighted by atomic mass is 10.3. The van der Waals surface area contributed by atoms with Gasteiger partial charge in [0.1, 0.15) is 6.61 Å². The maximum Gasteiger partial charge on any atom is 0.237 e. The van der Waals surface area contributed by atoms with Crippen LogP contribution in [0.25, 0.3) is 0 Å². The highest BCUT2D eigenvalue weighted by molar-refractivity contribution is 5.56. The highest BCUT2D eigenvalue weighted by Crippen LogP contribution is 2.27. The number of aromatic nitrogens is 1. The fourth-order valence-electron chi connectivity index (χ4n) is 1.32. The lowest BCUT2D eigenvalue weighted by Gasteiger charge is -2.26. The third-order valence-corrected chi connectivity index (χ3v) is 2.06. The second-order valence-corrected chi connectivity index (χ2v) is 3.05. The first-order valence-electron chi connectivity index (χ1n) is 4.09. The average molecular weight is 164 g/mol. The molecule has 0 unspecified atom stereocenters. The minimum absolute atomic E-state index is 0.736. The number of anilines is 1. The van der Waals surface area contributed by atoms with Crippen molar-refractivity contribution in [2.75, 3.05) is 25.1 Å². The molecule has 0 saturated heterocycles. The summed E-state index contributed by atoms with van der Waals surface area (Å²) in [5.41, 5.74) is 2.09. The highest BCUT2D eigenvalue weighted by Gasteiger charge is 2.15. The summed E-state index contributed by atoms with van der Waals surface area (Å²) < 4.78 is 5.42. The first-order chi connectivity index (χ1) is 5.77. The Morgan fingerprint density at radius 2 is 2.33 bits per heavy atom. The van der Waals surface area contributed by atoms with Crippen LogP contribution in [-0.2, 0) is 0 Å². The van der Waals surface area contributed by atoms with Crippen molar-refractivity contribution in [2.24, 2.45) is 0 Å². The SMILES string of the molecule is Cc1ccc2c(n1)OCCN2C. The van der Waals surface area contributed by atoms with Gasteiger partial charge >= 0.3 is 0 Å². The largest absolute Gasteiger partial charge is 0.474 e. The second-order valence-electron chi connectivity index (χ2n) is 3.05. The summed E-state index contributed by atoms with van der Waals surface area (Å²) in [7, 11) is 2.05. The summed E-state index contributed by atoms with van der Waals surface area (Å²) in [4.78, 5) is 6.46. The predicted octanol–water partition coefficient (Wildman–Crippen LogP) is 1.22. The third-order valence-electron chi connectivity index (χ3n) is 2.06. The van der Waals surface area contributed by atoms with Gasteiger partial charge in [0, 0.05) is 12.7 Å². The first kappa shape index (κ1) is 7.40. The quantitative estimate of drug-likeness (QED) is 0.576. The van der Waals surface area contributed by atoms with Crippen molar-refractivity contribution in [1.29, 1.82) is 0 Å². The van der Waals surface area contributed by atoms with Gasteiger partial charge in [0.05, 0.1) is 12.2 Å². The molecule has 0 aliphatic carbocycles. The van der Waals surface area contributed by atoms with Gasteiger partial charge in [-0.1, -0.05) is 0 Å². The summed E-state index contributed by atoms with van der Waals surface area (Å²) in [6, 6.07) is 4.06. The Balaban J connectivity index is 2.46. The van der Waals surface area contributed by atoms with Crippen LogP contribution in [0.1, 0.15) is 5.69 Å². The Morgan fingerprint density at radius 3 is 3.17 bits per heavy atom. The van der Waals surface area contributed by atoms with Gasteiger partial charge in [-0.3, -0.25) is 0 Å². The lowest BCUT2D eigenvalue weighted by Crippen LogP contribution is -2.29. The third kappa shape index (κ3) is 1.11. The van der Waals surface area contributed by atoms with Crippen molar-refractivity contribution >= 4 is 5.69 Å². The Labute approximate surface area is 72.0 Å². The van der Waals surface area contributed by atoms with Crippen LogP contribution in [0.15, 0.2) is 12.1 Å². The molecule has 12 heavy (non-hydrogen) atoms. The van der Waals surface area contributed by atoms with Gasteiger partial charge in [-0.15, -0.1) is 0 Å². The zero-order valence-electron chi connectivity index (χ0n) is 7.37. The maximum atomic E-state index is 5.42. The number of pyridine rings is 1. The van der Waals surface area contributed by atoms with Crippen LogP contribution in [-0.4, -0.2) is 25.2 Å². The van der Waals surface area contributed by atoms with E-state index < -0.39 is 0 Å². The van der Waals surface area contributed by atoms with Crippen LogP contribution in [0.5, 0.6) is 5.88 Å². The summed E-state index contributed by atoms with van der Waals surface area (Å²) in [5, 5.41) is 0. The molecule has 0 atom stereocenters. The Morgan fingerprint density at radius 1 is 1.50 bits per heavy atom. The molecule has 3 nitrogen and oxygen atoms in total. The van der Waals surface area contributed by atoms with Crippen molar-refractivity contribution < 1.29 is 4.74 Å². The van der Waals surface area contributed by atoms with E-state index >= 15 is 0 Å². The Kier molecular flexibility index (Phi) is 1.64. The molecule has 0 fully saturated rings. The Bertz CT molecular complexity index is 299. The van der Waals surface area contributed by atoms with E-state index in [-0.39, 0.29) is 0 Å². The van der Waals surface area contributed by atoms with E-state index in [1.165, 1.54) is 0 Å². The first-order valence-corrected chi connectivity index (χ1v) is 4.09.